The van der Waals surface area contributed by atoms with Crippen molar-refractivity contribution in [3.05, 3.63) is 77.9 Å². The molecule has 0 aliphatic heterocycles. The van der Waals surface area contributed by atoms with Gasteiger partial charge in [0.2, 0.25) is 11.8 Å². The highest BCUT2D eigenvalue weighted by atomic mass is 16.6. The second-order valence-electron chi connectivity index (χ2n) is 11.4. The lowest BCUT2D eigenvalue weighted by Gasteiger charge is -2.35. The summed E-state index contributed by atoms with van der Waals surface area (Å²) in [6, 6.07) is 18.4. The van der Waals surface area contributed by atoms with E-state index in [1.165, 1.54) is 4.90 Å². The van der Waals surface area contributed by atoms with Crippen molar-refractivity contribution in [1.82, 2.24) is 10.2 Å². The van der Waals surface area contributed by atoms with Crippen molar-refractivity contribution in [3.63, 3.8) is 0 Å². The van der Waals surface area contributed by atoms with Gasteiger partial charge in [0.05, 0.1) is 6.42 Å². The van der Waals surface area contributed by atoms with E-state index < -0.39 is 47.9 Å². The summed E-state index contributed by atoms with van der Waals surface area (Å²) in [6.07, 6.45) is 1.01. The average molecular weight is 575 g/mol. The Balaban J connectivity index is 2.04. The molecule has 0 aliphatic carbocycles. The quantitative estimate of drug-likeness (QED) is 0.242. The number of carbonyl (C=O) groups excluding carboxylic acids is 4. The normalized spacial score (nSPS) is 12.7. The lowest BCUT2D eigenvalue weighted by atomic mass is 9.97. The first-order valence-electron chi connectivity index (χ1n) is 14.3. The molecule has 42 heavy (non-hydrogen) atoms. The van der Waals surface area contributed by atoms with Gasteiger partial charge in [0.25, 0.3) is 5.91 Å². The minimum Gasteiger partial charge on any atom is -0.444 e. The maximum Gasteiger partial charge on any atom is 0.408 e. The minimum atomic E-state index is -1.32. The van der Waals surface area contributed by atoms with Crippen molar-refractivity contribution in [3.8, 4) is 0 Å². The lowest BCUT2D eigenvalue weighted by molar-refractivity contribution is -0.142. The van der Waals surface area contributed by atoms with Gasteiger partial charge in [-0.15, -0.1) is 0 Å². The van der Waals surface area contributed by atoms with Crippen LogP contribution in [0.2, 0.25) is 0 Å². The van der Waals surface area contributed by atoms with E-state index in [1.54, 1.807) is 20.8 Å². The molecule has 0 fully saturated rings. The van der Waals surface area contributed by atoms with Gasteiger partial charge in [-0.3, -0.25) is 14.4 Å². The van der Waals surface area contributed by atoms with Crippen molar-refractivity contribution < 1.29 is 23.9 Å². The summed E-state index contributed by atoms with van der Waals surface area (Å²) in [7, 11) is 0. The second-order valence-corrected chi connectivity index (χ2v) is 11.4. The van der Waals surface area contributed by atoms with Crippen molar-refractivity contribution >= 4 is 40.3 Å². The number of unbranched alkanes of at least 4 members (excludes halogenated alkanes) is 2. The molecule has 9 nitrogen and oxygen atoms in total. The van der Waals surface area contributed by atoms with Crippen LogP contribution in [0.25, 0.3) is 10.8 Å². The Kier molecular flexibility index (Phi) is 11.1. The van der Waals surface area contributed by atoms with Crippen LogP contribution in [0.1, 0.15) is 70.5 Å². The zero-order valence-electron chi connectivity index (χ0n) is 25.1. The Morgan fingerprint density at radius 2 is 1.60 bits per heavy atom. The fourth-order valence-corrected chi connectivity index (χ4v) is 4.77. The standard InChI is InChI=1S/C33H42N4O5/c1-6-7-12-19-37(31(40)27(21-28(34)38)36-32(41)42-33(3,4)5)29(26-16-11-8-13-22(26)2)30(39)35-25-18-17-23-14-9-10-15-24(23)20-25/h8-11,13-18,20,27,29H,6-7,12,19,21H2,1-5H3,(H2,34,38)(H,35,39)(H,36,41). The van der Waals surface area contributed by atoms with Crippen molar-refractivity contribution in [2.45, 2.75) is 78.0 Å². The molecule has 4 N–H and O–H groups in total. The molecule has 224 valence electrons. The van der Waals surface area contributed by atoms with Crippen molar-refractivity contribution in [1.29, 1.82) is 0 Å². The summed E-state index contributed by atoms with van der Waals surface area (Å²) in [6.45, 7) is 9.22. The molecule has 2 atom stereocenters. The third-order valence-corrected chi connectivity index (χ3v) is 6.74. The van der Waals surface area contributed by atoms with E-state index in [0.29, 0.717) is 17.7 Å². The highest BCUT2D eigenvalue weighted by Gasteiger charge is 2.37. The number of amides is 4. The van der Waals surface area contributed by atoms with Crippen LogP contribution in [0.15, 0.2) is 66.7 Å². The fraction of sp³-hybridized carbons (Fsp3) is 0.394. The number of fused-ring (bicyclic) bond motifs is 1. The van der Waals surface area contributed by atoms with E-state index in [2.05, 4.69) is 10.6 Å². The zero-order valence-corrected chi connectivity index (χ0v) is 25.1. The number of nitrogens with one attached hydrogen (secondary N) is 2. The van der Waals surface area contributed by atoms with Crippen LogP contribution in [0.3, 0.4) is 0 Å². The second kappa shape index (κ2) is 14.5. The maximum atomic E-state index is 14.2. The molecule has 0 radical (unpaired) electrons. The third-order valence-electron chi connectivity index (χ3n) is 6.74. The van der Waals surface area contributed by atoms with E-state index in [4.69, 9.17) is 10.5 Å². The van der Waals surface area contributed by atoms with Gasteiger partial charge in [-0.25, -0.2) is 4.79 Å². The van der Waals surface area contributed by atoms with E-state index in [0.717, 1.165) is 29.2 Å². The number of benzene rings is 3. The topological polar surface area (TPSA) is 131 Å². The number of alkyl carbamates (subject to hydrolysis) is 1. The average Bonchev–Trinajstić information content (AvgIpc) is 2.91. The summed E-state index contributed by atoms with van der Waals surface area (Å²) in [4.78, 5) is 54.5. The molecule has 0 heterocycles. The first-order valence-corrected chi connectivity index (χ1v) is 14.3. The van der Waals surface area contributed by atoms with Gasteiger partial charge in [0.1, 0.15) is 17.7 Å². The maximum absolute atomic E-state index is 14.2. The molecule has 0 aliphatic rings. The number of hydrogen-bond acceptors (Lipinski definition) is 5. The molecule has 3 aromatic carbocycles. The summed E-state index contributed by atoms with van der Waals surface area (Å²) >= 11 is 0. The van der Waals surface area contributed by atoms with Gasteiger partial charge >= 0.3 is 6.09 Å². The Labute approximate surface area is 247 Å². The molecule has 9 heteroatoms. The van der Waals surface area contributed by atoms with E-state index in [1.807, 2.05) is 80.6 Å². The summed E-state index contributed by atoms with van der Waals surface area (Å²) in [5.41, 5.74) is 6.70. The van der Waals surface area contributed by atoms with E-state index in [9.17, 15) is 19.2 Å². The lowest BCUT2D eigenvalue weighted by Crippen LogP contribution is -2.53. The predicted molar refractivity (Wildman–Crippen MR) is 165 cm³/mol. The van der Waals surface area contributed by atoms with Crippen LogP contribution < -0.4 is 16.4 Å². The number of primary amides is 1. The molecule has 3 rings (SSSR count). The Bertz CT molecular complexity index is 1410. The molecule has 2 unspecified atom stereocenters. The van der Waals surface area contributed by atoms with Gasteiger partial charge in [-0.1, -0.05) is 74.4 Å². The Morgan fingerprint density at radius 3 is 2.24 bits per heavy atom. The number of carbonyl (C=O) groups is 4. The van der Waals surface area contributed by atoms with E-state index in [-0.39, 0.29) is 6.54 Å². The number of aryl methyl sites for hydroxylation is 1. The minimum absolute atomic E-state index is 0.224. The first kappa shape index (κ1) is 32.1. The number of hydrogen-bond donors (Lipinski definition) is 3. The van der Waals surface area contributed by atoms with Crippen LogP contribution in [0.5, 0.6) is 0 Å². The largest absolute Gasteiger partial charge is 0.444 e. The molecular formula is C33H42N4O5. The molecule has 4 amide bonds. The third kappa shape index (κ3) is 9.06. The Morgan fingerprint density at radius 1 is 0.929 bits per heavy atom. The summed E-state index contributed by atoms with van der Waals surface area (Å²) in [5, 5.41) is 7.51. The molecule has 0 spiro atoms. The number of anilines is 1. The van der Waals surface area contributed by atoms with Gasteiger partial charge in [-0.05, 0) is 68.1 Å². The predicted octanol–water partition coefficient (Wildman–Crippen LogP) is 5.62. The van der Waals surface area contributed by atoms with Crippen LogP contribution in [0, 0.1) is 6.92 Å². The smallest absolute Gasteiger partial charge is 0.408 e. The van der Waals surface area contributed by atoms with Crippen molar-refractivity contribution in [2.75, 3.05) is 11.9 Å². The molecule has 0 saturated heterocycles. The first-order chi connectivity index (χ1) is 19.9. The Hall–Kier alpha value is -4.40. The molecule has 3 aromatic rings. The van der Waals surface area contributed by atoms with Gasteiger partial charge in [-0.2, -0.15) is 0 Å². The molecule has 0 saturated carbocycles. The zero-order chi connectivity index (χ0) is 30.9. The van der Waals surface area contributed by atoms with Gasteiger partial charge < -0.3 is 26.0 Å². The van der Waals surface area contributed by atoms with Crippen LogP contribution in [-0.2, 0) is 19.1 Å². The molecular weight excluding hydrogens is 532 g/mol. The molecule has 0 aromatic heterocycles. The van der Waals surface area contributed by atoms with Crippen LogP contribution >= 0.6 is 0 Å². The number of nitrogens with zero attached hydrogens (tertiary/aromatic N) is 1. The van der Waals surface area contributed by atoms with Gasteiger partial charge in [0.15, 0.2) is 0 Å². The number of nitrogens with two attached hydrogens (primary N) is 1. The highest BCUT2D eigenvalue weighted by molar-refractivity contribution is 6.01. The molecule has 0 bridgehead atoms. The highest BCUT2D eigenvalue weighted by Crippen LogP contribution is 2.29. The fourth-order valence-electron chi connectivity index (χ4n) is 4.77. The van der Waals surface area contributed by atoms with Gasteiger partial charge in [0, 0.05) is 12.2 Å². The van der Waals surface area contributed by atoms with Crippen LogP contribution in [-0.4, -0.2) is 46.9 Å². The van der Waals surface area contributed by atoms with Crippen molar-refractivity contribution in [2.24, 2.45) is 5.73 Å². The SMILES string of the molecule is CCCCCN(C(=O)C(CC(N)=O)NC(=O)OC(C)(C)C)C(C(=O)Nc1ccc2ccccc2c1)c1ccccc1C. The van der Waals surface area contributed by atoms with E-state index >= 15 is 0 Å². The number of rotatable bonds is 12. The monoisotopic (exact) mass is 574 g/mol. The number of ether oxygens (including phenoxy) is 1. The summed E-state index contributed by atoms with van der Waals surface area (Å²) < 4.78 is 5.35. The van der Waals surface area contributed by atoms with Crippen LogP contribution in [0.4, 0.5) is 10.5 Å². The summed E-state index contributed by atoms with van der Waals surface area (Å²) in [5.74, 6) is -1.79.